The Morgan fingerprint density at radius 1 is 1.11 bits per heavy atom. The van der Waals surface area contributed by atoms with Gasteiger partial charge in [-0.3, -0.25) is 4.79 Å². The number of esters is 1. The van der Waals surface area contributed by atoms with Gasteiger partial charge < -0.3 is 9.64 Å². The molecule has 0 bridgehead atoms. The highest BCUT2D eigenvalue weighted by Gasteiger charge is 2.37. The van der Waals surface area contributed by atoms with E-state index in [9.17, 15) is 9.59 Å². The normalized spacial score (nSPS) is 18.8. The molecule has 2 amide bonds. The molecule has 28 heavy (non-hydrogen) atoms. The van der Waals surface area contributed by atoms with Gasteiger partial charge in [0.05, 0.1) is 6.04 Å². The van der Waals surface area contributed by atoms with Crippen molar-refractivity contribution >= 4 is 18.2 Å². The Hall–Kier alpha value is -3.15. The maximum atomic E-state index is 12.9. The Bertz CT molecular complexity index is 891. The van der Waals surface area contributed by atoms with E-state index in [0.29, 0.717) is 24.8 Å². The predicted molar refractivity (Wildman–Crippen MR) is 106 cm³/mol. The number of carbonyl (C=O) groups excluding carboxylic acids is 2. The third-order valence-corrected chi connectivity index (χ3v) is 5.12. The maximum Gasteiger partial charge on any atom is 0.341 e. The zero-order valence-electron chi connectivity index (χ0n) is 15.8. The lowest BCUT2D eigenvalue weighted by Crippen LogP contribution is -2.54. The molecule has 1 saturated heterocycles. The zero-order valence-corrected chi connectivity index (χ0v) is 15.8. The summed E-state index contributed by atoms with van der Waals surface area (Å²) in [6.07, 6.45) is 3.41. The average Bonchev–Trinajstić information content (AvgIpc) is 3.14. The lowest BCUT2D eigenvalue weighted by atomic mass is 9.92. The molecule has 0 N–H and O–H groups in total. The third kappa shape index (κ3) is 3.91. The number of hydrogen-bond acceptors (Lipinski definition) is 4. The van der Waals surface area contributed by atoms with E-state index in [1.165, 1.54) is 6.92 Å². The average molecular weight is 377 g/mol. The fourth-order valence-electron chi connectivity index (χ4n) is 3.79. The van der Waals surface area contributed by atoms with E-state index in [-0.39, 0.29) is 18.0 Å². The van der Waals surface area contributed by atoms with Crippen LogP contribution in [0.25, 0.3) is 0 Å². The van der Waals surface area contributed by atoms with Crippen molar-refractivity contribution in [1.29, 1.82) is 0 Å². The van der Waals surface area contributed by atoms with Gasteiger partial charge in [-0.2, -0.15) is 5.10 Å². The van der Waals surface area contributed by atoms with Crippen molar-refractivity contribution in [2.24, 2.45) is 11.0 Å². The van der Waals surface area contributed by atoms with Gasteiger partial charge >= 0.3 is 12.0 Å². The van der Waals surface area contributed by atoms with Gasteiger partial charge in [0.2, 0.25) is 0 Å². The van der Waals surface area contributed by atoms with Crippen LogP contribution < -0.4 is 4.74 Å². The van der Waals surface area contributed by atoms with Crippen LogP contribution in [0.5, 0.6) is 5.75 Å². The first-order valence-corrected chi connectivity index (χ1v) is 9.53. The lowest BCUT2D eigenvalue weighted by Gasteiger charge is -2.41. The molecule has 6 heteroatoms. The molecule has 0 aromatic heterocycles. The van der Waals surface area contributed by atoms with E-state index in [4.69, 9.17) is 4.74 Å². The van der Waals surface area contributed by atoms with Crippen molar-refractivity contribution in [1.82, 2.24) is 9.91 Å². The fraction of sp³-hybridized carbons (Fsp3) is 0.318. The van der Waals surface area contributed by atoms with Crippen LogP contribution in [-0.2, 0) is 11.2 Å². The van der Waals surface area contributed by atoms with E-state index >= 15 is 0 Å². The van der Waals surface area contributed by atoms with E-state index < -0.39 is 0 Å². The van der Waals surface area contributed by atoms with Crippen molar-refractivity contribution in [2.45, 2.75) is 25.8 Å². The standard InChI is InChI=1S/C22H23N3O3/c1-16(26)28-20-9-5-6-17(13-20)12-18-14-24(15-18)22(27)25-21(10-11-23-25)19-7-3-2-4-8-19/h2-9,11,13,18,21H,10,12,14-15H2,1H3. The molecule has 6 nitrogen and oxygen atoms in total. The van der Waals surface area contributed by atoms with Gasteiger partial charge in [0, 0.05) is 32.6 Å². The number of benzene rings is 2. The Morgan fingerprint density at radius 3 is 2.64 bits per heavy atom. The molecule has 1 unspecified atom stereocenters. The van der Waals surface area contributed by atoms with Gasteiger partial charge in [-0.1, -0.05) is 42.5 Å². The number of urea groups is 1. The first kappa shape index (κ1) is 18.2. The Labute approximate surface area is 164 Å². The van der Waals surface area contributed by atoms with Gasteiger partial charge in [-0.15, -0.1) is 0 Å². The topological polar surface area (TPSA) is 62.2 Å². The quantitative estimate of drug-likeness (QED) is 0.604. The van der Waals surface area contributed by atoms with Crippen LogP contribution >= 0.6 is 0 Å². The summed E-state index contributed by atoms with van der Waals surface area (Å²) >= 11 is 0. The van der Waals surface area contributed by atoms with Crippen molar-refractivity contribution in [3.63, 3.8) is 0 Å². The smallest absolute Gasteiger partial charge is 0.341 e. The molecular formula is C22H23N3O3. The second-order valence-electron chi connectivity index (χ2n) is 7.30. The van der Waals surface area contributed by atoms with Gasteiger partial charge in [0.15, 0.2) is 0 Å². The molecule has 1 atom stereocenters. The molecule has 1 fully saturated rings. The Kier molecular flexibility index (Phi) is 5.10. The largest absolute Gasteiger partial charge is 0.427 e. The zero-order chi connectivity index (χ0) is 19.5. The minimum Gasteiger partial charge on any atom is -0.427 e. The molecule has 2 aliphatic heterocycles. The summed E-state index contributed by atoms with van der Waals surface area (Å²) in [7, 11) is 0. The number of nitrogens with zero attached hydrogens (tertiary/aromatic N) is 3. The molecule has 2 aromatic rings. The number of ether oxygens (including phenoxy) is 1. The van der Waals surface area contributed by atoms with Crippen molar-refractivity contribution in [3.05, 3.63) is 65.7 Å². The summed E-state index contributed by atoms with van der Waals surface area (Å²) in [5.74, 6) is 0.643. The van der Waals surface area contributed by atoms with Crippen molar-refractivity contribution in [3.8, 4) is 5.75 Å². The van der Waals surface area contributed by atoms with Gasteiger partial charge in [0.1, 0.15) is 5.75 Å². The third-order valence-electron chi connectivity index (χ3n) is 5.12. The molecule has 2 aromatic carbocycles. The van der Waals surface area contributed by atoms with E-state index in [2.05, 4.69) is 5.10 Å². The number of likely N-dealkylation sites (tertiary alicyclic amines) is 1. The van der Waals surface area contributed by atoms with Gasteiger partial charge in [-0.25, -0.2) is 9.80 Å². The molecule has 0 aliphatic carbocycles. The van der Waals surface area contributed by atoms with E-state index in [1.807, 2.05) is 59.6 Å². The lowest BCUT2D eigenvalue weighted by molar-refractivity contribution is -0.131. The number of amides is 2. The minimum absolute atomic E-state index is 0.0202. The molecule has 2 aliphatic rings. The number of carbonyl (C=O) groups is 2. The molecule has 0 radical (unpaired) electrons. The molecular weight excluding hydrogens is 354 g/mol. The fourth-order valence-corrected chi connectivity index (χ4v) is 3.79. The van der Waals surface area contributed by atoms with Gasteiger partial charge in [-0.05, 0) is 35.6 Å². The Morgan fingerprint density at radius 2 is 1.89 bits per heavy atom. The van der Waals surface area contributed by atoms with Crippen LogP contribution in [0.2, 0.25) is 0 Å². The minimum atomic E-state index is -0.322. The van der Waals surface area contributed by atoms with Crippen LogP contribution in [0.15, 0.2) is 59.7 Å². The predicted octanol–water partition coefficient (Wildman–Crippen LogP) is 3.64. The van der Waals surface area contributed by atoms with Gasteiger partial charge in [0.25, 0.3) is 0 Å². The summed E-state index contributed by atoms with van der Waals surface area (Å²) in [6, 6.07) is 17.5. The summed E-state index contributed by atoms with van der Waals surface area (Å²) in [5, 5.41) is 5.92. The summed E-state index contributed by atoms with van der Waals surface area (Å²) < 4.78 is 5.14. The van der Waals surface area contributed by atoms with E-state index in [1.54, 1.807) is 11.1 Å². The van der Waals surface area contributed by atoms with Crippen LogP contribution in [-0.4, -0.2) is 41.2 Å². The monoisotopic (exact) mass is 377 g/mol. The highest BCUT2D eigenvalue weighted by molar-refractivity contribution is 5.79. The highest BCUT2D eigenvalue weighted by atomic mass is 16.5. The van der Waals surface area contributed by atoms with Crippen LogP contribution in [0.4, 0.5) is 4.79 Å². The second-order valence-corrected chi connectivity index (χ2v) is 7.30. The number of rotatable bonds is 4. The maximum absolute atomic E-state index is 12.9. The first-order valence-electron chi connectivity index (χ1n) is 9.53. The first-order chi connectivity index (χ1) is 13.6. The van der Waals surface area contributed by atoms with Crippen LogP contribution in [0.1, 0.15) is 30.5 Å². The van der Waals surface area contributed by atoms with Crippen LogP contribution in [0.3, 0.4) is 0 Å². The SMILES string of the molecule is CC(=O)Oc1cccc(CC2CN(C(=O)N3N=CCC3c3ccccc3)C2)c1. The van der Waals surface area contributed by atoms with Crippen molar-refractivity contribution < 1.29 is 14.3 Å². The second kappa shape index (κ2) is 7.84. The summed E-state index contributed by atoms with van der Waals surface area (Å²) in [5.41, 5.74) is 2.21. The highest BCUT2D eigenvalue weighted by Crippen LogP contribution is 2.31. The molecule has 144 valence electrons. The molecule has 0 saturated carbocycles. The van der Waals surface area contributed by atoms with Crippen LogP contribution in [0, 0.1) is 5.92 Å². The number of hydrazone groups is 1. The summed E-state index contributed by atoms with van der Waals surface area (Å²) in [6.45, 7) is 2.82. The molecule has 2 heterocycles. The van der Waals surface area contributed by atoms with Crippen molar-refractivity contribution in [2.75, 3.05) is 13.1 Å². The summed E-state index contributed by atoms with van der Waals surface area (Å²) in [4.78, 5) is 25.8. The number of hydrogen-bond donors (Lipinski definition) is 0. The van der Waals surface area contributed by atoms with E-state index in [0.717, 1.165) is 24.0 Å². The Balaban J connectivity index is 1.33. The molecule has 4 rings (SSSR count). The molecule has 0 spiro atoms.